The number of hydrogen-bond donors (Lipinski definition) is 3. The van der Waals surface area contributed by atoms with Crippen molar-refractivity contribution in [2.24, 2.45) is 5.92 Å². The Hall–Kier alpha value is -2.69. The summed E-state index contributed by atoms with van der Waals surface area (Å²) in [4.78, 5) is 24.6. The Morgan fingerprint density at radius 3 is 2.13 bits per heavy atom. The summed E-state index contributed by atoms with van der Waals surface area (Å²) in [5, 5.41) is 0.367. The molecule has 0 aromatic heterocycles. The molecule has 0 fully saturated rings. The number of rotatable bonds is 8. The van der Waals surface area contributed by atoms with Crippen molar-refractivity contribution in [3.05, 3.63) is 59.4 Å². The highest BCUT2D eigenvalue weighted by Gasteiger charge is 2.29. The molecule has 0 aliphatic carbocycles. The molecule has 0 saturated heterocycles. The molecule has 2 rings (SSSR count). The molecular weight excluding hydrogens is 449 g/mol. The maximum Gasteiger partial charge on any atom is 0.279 e. The molecule has 2 amide bonds. The van der Waals surface area contributed by atoms with Gasteiger partial charge in [-0.25, -0.2) is 12.8 Å². The van der Waals surface area contributed by atoms with Crippen LogP contribution in [-0.2, 0) is 19.6 Å². The molecule has 1 unspecified atom stereocenters. The van der Waals surface area contributed by atoms with Crippen LogP contribution in [0, 0.1) is 11.7 Å². The molecular formula is C20H23ClFN3O5S. The minimum absolute atomic E-state index is 0.0636. The molecule has 0 aliphatic heterocycles. The number of hydrogen-bond acceptors (Lipinski definition) is 5. The van der Waals surface area contributed by atoms with Crippen molar-refractivity contribution in [1.29, 1.82) is 0 Å². The summed E-state index contributed by atoms with van der Waals surface area (Å²) < 4.78 is 46.3. The number of ether oxygens (including phenoxy) is 1. The van der Waals surface area contributed by atoms with Crippen LogP contribution in [0.4, 0.5) is 4.39 Å². The van der Waals surface area contributed by atoms with Gasteiger partial charge in [0.2, 0.25) is 10.0 Å². The number of para-hydroxylation sites is 1. The van der Waals surface area contributed by atoms with Crippen LogP contribution < -0.4 is 20.3 Å². The molecule has 8 nitrogen and oxygen atoms in total. The first-order chi connectivity index (χ1) is 14.5. The first-order valence-electron chi connectivity index (χ1n) is 9.30. The highest BCUT2D eigenvalue weighted by atomic mass is 35.5. The Balaban J connectivity index is 1.99. The number of nitrogens with one attached hydrogen (secondary N) is 3. The van der Waals surface area contributed by atoms with E-state index in [0.717, 1.165) is 0 Å². The molecule has 0 radical (unpaired) electrons. The van der Waals surface area contributed by atoms with Crippen molar-refractivity contribution in [2.75, 3.05) is 0 Å². The lowest BCUT2D eigenvalue weighted by molar-refractivity contribution is -0.133. The zero-order valence-corrected chi connectivity index (χ0v) is 18.6. The van der Waals surface area contributed by atoms with Crippen molar-refractivity contribution in [2.45, 2.75) is 37.8 Å². The molecule has 2 aromatic rings. The molecule has 3 N–H and O–H groups in total. The van der Waals surface area contributed by atoms with E-state index in [0.29, 0.717) is 5.02 Å². The third-order valence-electron chi connectivity index (χ3n) is 4.17. The van der Waals surface area contributed by atoms with E-state index in [2.05, 4.69) is 15.6 Å². The quantitative estimate of drug-likeness (QED) is 0.511. The van der Waals surface area contributed by atoms with Gasteiger partial charge in [0.15, 0.2) is 17.7 Å². The van der Waals surface area contributed by atoms with Crippen LogP contribution in [0.15, 0.2) is 53.4 Å². The maximum absolute atomic E-state index is 13.6. The van der Waals surface area contributed by atoms with Gasteiger partial charge in [0, 0.05) is 5.02 Å². The van der Waals surface area contributed by atoms with Gasteiger partial charge in [-0.2, -0.15) is 4.72 Å². The molecule has 0 bridgehead atoms. The minimum atomic E-state index is -4.02. The predicted molar refractivity (Wildman–Crippen MR) is 113 cm³/mol. The summed E-state index contributed by atoms with van der Waals surface area (Å²) in [6.07, 6.45) is -1.12. The molecule has 0 aliphatic rings. The van der Waals surface area contributed by atoms with Gasteiger partial charge in [-0.3, -0.25) is 20.4 Å². The molecule has 0 saturated carbocycles. The fourth-order valence-corrected chi connectivity index (χ4v) is 3.90. The molecule has 168 valence electrons. The Bertz CT molecular complexity index is 1030. The lowest BCUT2D eigenvalue weighted by Crippen LogP contribution is -2.55. The Kier molecular flexibility index (Phi) is 8.37. The van der Waals surface area contributed by atoms with Gasteiger partial charge >= 0.3 is 0 Å². The molecule has 2 aromatic carbocycles. The number of benzene rings is 2. The van der Waals surface area contributed by atoms with Gasteiger partial charge in [-0.15, -0.1) is 0 Å². The maximum atomic E-state index is 13.6. The molecule has 11 heteroatoms. The fourth-order valence-electron chi connectivity index (χ4n) is 2.43. The second-order valence-corrected chi connectivity index (χ2v) is 9.12. The lowest BCUT2D eigenvalue weighted by atomic mass is 10.1. The summed E-state index contributed by atoms with van der Waals surface area (Å²) in [6.45, 7) is 4.65. The van der Waals surface area contributed by atoms with Crippen molar-refractivity contribution in [3.63, 3.8) is 0 Å². The summed E-state index contributed by atoms with van der Waals surface area (Å²) >= 11 is 5.77. The van der Waals surface area contributed by atoms with E-state index in [1.165, 1.54) is 49.4 Å². The Labute approximate surface area is 185 Å². The second kappa shape index (κ2) is 10.6. The normalized spacial score (nSPS) is 13.4. The van der Waals surface area contributed by atoms with Crippen LogP contribution in [-0.4, -0.2) is 32.4 Å². The van der Waals surface area contributed by atoms with Crippen molar-refractivity contribution >= 4 is 33.4 Å². The van der Waals surface area contributed by atoms with E-state index >= 15 is 0 Å². The first kappa shape index (κ1) is 24.6. The number of carbonyl (C=O) groups excluding carboxylic acids is 2. The van der Waals surface area contributed by atoms with E-state index in [-0.39, 0.29) is 10.6 Å². The molecule has 31 heavy (non-hydrogen) atoms. The third kappa shape index (κ3) is 6.91. The van der Waals surface area contributed by atoms with Gasteiger partial charge in [0.1, 0.15) is 6.04 Å². The van der Waals surface area contributed by atoms with Crippen molar-refractivity contribution < 1.29 is 27.1 Å². The van der Waals surface area contributed by atoms with Crippen LogP contribution in [0.25, 0.3) is 0 Å². The van der Waals surface area contributed by atoms with E-state index in [1.54, 1.807) is 19.9 Å². The molecule has 2 atom stereocenters. The average Bonchev–Trinajstić information content (AvgIpc) is 2.71. The largest absolute Gasteiger partial charge is 0.478 e. The zero-order valence-electron chi connectivity index (χ0n) is 17.1. The SMILES string of the molecule is CC(Oc1ccccc1F)C(=O)NNC(=O)[C@@H](NS(=O)(=O)c1ccc(Cl)cc1)C(C)C. The number of carbonyl (C=O) groups is 2. The average molecular weight is 472 g/mol. The fraction of sp³-hybridized carbons (Fsp3) is 0.300. The number of halogens is 2. The lowest BCUT2D eigenvalue weighted by Gasteiger charge is -2.22. The van der Waals surface area contributed by atoms with Crippen molar-refractivity contribution in [1.82, 2.24) is 15.6 Å². The van der Waals surface area contributed by atoms with Crippen LogP contribution in [0.5, 0.6) is 5.75 Å². The van der Waals surface area contributed by atoms with Gasteiger partial charge in [-0.1, -0.05) is 37.6 Å². The summed E-state index contributed by atoms with van der Waals surface area (Å²) in [5.74, 6) is -2.72. The van der Waals surface area contributed by atoms with Gasteiger partial charge in [0.25, 0.3) is 11.8 Å². The highest BCUT2D eigenvalue weighted by Crippen LogP contribution is 2.17. The van der Waals surface area contributed by atoms with Gasteiger partial charge in [-0.05, 0) is 49.2 Å². The smallest absolute Gasteiger partial charge is 0.279 e. The monoisotopic (exact) mass is 471 g/mol. The van der Waals surface area contributed by atoms with E-state index in [4.69, 9.17) is 16.3 Å². The van der Waals surface area contributed by atoms with Crippen molar-refractivity contribution in [3.8, 4) is 5.75 Å². The summed E-state index contributed by atoms with van der Waals surface area (Å²) in [5.41, 5.74) is 4.32. The topological polar surface area (TPSA) is 114 Å². The van der Waals surface area contributed by atoms with Crippen LogP contribution in [0.1, 0.15) is 20.8 Å². The van der Waals surface area contributed by atoms with Gasteiger partial charge in [0.05, 0.1) is 4.90 Å². The predicted octanol–water partition coefficient (Wildman–Crippen LogP) is 2.40. The van der Waals surface area contributed by atoms with E-state index < -0.39 is 45.7 Å². The summed E-state index contributed by atoms with van der Waals surface area (Å²) in [6, 6.07) is 9.83. The van der Waals surface area contributed by atoms with Crippen LogP contribution >= 0.6 is 11.6 Å². The molecule has 0 spiro atoms. The zero-order chi connectivity index (χ0) is 23.2. The van der Waals surface area contributed by atoms with E-state index in [9.17, 15) is 22.4 Å². The van der Waals surface area contributed by atoms with Crippen LogP contribution in [0.2, 0.25) is 5.02 Å². The number of hydrazine groups is 1. The molecule has 0 heterocycles. The highest BCUT2D eigenvalue weighted by molar-refractivity contribution is 7.89. The van der Waals surface area contributed by atoms with Crippen LogP contribution in [0.3, 0.4) is 0 Å². The van der Waals surface area contributed by atoms with Gasteiger partial charge < -0.3 is 4.74 Å². The van der Waals surface area contributed by atoms with E-state index in [1.807, 2.05) is 0 Å². The first-order valence-corrected chi connectivity index (χ1v) is 11.2. The Morgan fingerprint density at radius 2 is 1.55 bits per heavy atom. The number of sulfonamides is 1. The minimum Gasteiger partial charge on any atom is -0.478 e. The number of amides is 2. The Morgan fingerprint density at radius 1 is 0.968 bits per heavy atom. The standard InChI is InChI=1S/C20H23ClFN3O5S/c1-12(2)18(25-31(28,29)15-10-8-14(21)9-11-15)20(27)24-23-19(26)13(3)30-17-7-5-4-6-16(17)22/h4-13,18,25H,1-3H3,(H,23,26)(H,24,27)/t13?,18-/m0/s1. The second-order valence-electron chi connectivity index (χ2n) is 6.97. The third-order valence-corrected chi connectivity index (χ3v) is 5.88. The summed E-state index contributed by atoms with van der Waals surface area (Å²) in [7, 11) is -4.02.